The number of allylic oxidation sites excluding steroid dienone is 2. The van der Waals surface area contributed by atoms with Gasteiger partial charge in [-0.05, 0) is 48.5 Å². The highest BCUT2D eigenvalue weighted by molar-refractivity contribution is 5.44. The van der Waals surface area contributed by atoms with E-state index >= 15 is 0 Å². The number of benzene rings is 1. The van der Waals surface area contributed by atoms with Crippen molar-refractivity contribution in [2.45, 2.75) is 45.6 Å². The highest BCUT2D eigenvalue weighted by atomic mass is 16.5. The molecule has 0 fully saturated rings. The first kappa shape index (κ1) is 15.8. The fraction of sp³-hybridized carbons (Fsp3) is 0.400. The van der Waals surface area contributed by atoms with Gasteiger partial charge < -0.3 is 4.74 Å². The number of unbranched alkanes of at least 4 members (excludes halogenated alkanes) is 1. The molecule has 1 heteroatoms. The average molecular weight is 282 g/mol. The topological polar surface area (TPSA) is 9.23 Å². The highest BCUT2D eigenvalue weighted by Crippen LogP contribution is 2.30. The molecule has 1 atom stereocenters. The summed E-state index contributed by atoms with van der Waals surface area (Å²) in [6.45, 7) is 9.34. The first-order valence-corrected chi connectivity index (χ1v) is 7.95. The van der Waals surface area contributed by atoms with E-state index in [0.717, 1.165) is 18.4 Å². The van der Waals surface area contributed by atoms with E-state index in [-0.39, 0.29) is 6.10 Å². The van der Waals surface area contributed by atoms with Crippen molar-refractivity contribution >= 4 is 0 Å². The van der Waals surface area contributed by atoms with Crippen LogP contribution in [0.2, 0.25) is 0 Å². The maximum atomic E-state index is 5.79. The standard InChI is InChI=1S/C20H26O/c1-4-5-14-19-17(3)21-15-20(19)16(2)10-9-13-18-11-7-6-8-12-18/h6-12,17H,2,4-5,13-15H2,1,3H3/b10-9+. The van der Waals surface area contributed by atoms with Gasteiger partial charge >= 0.3 is 0 Å². The summed E-state index contributed by atoms with van der Waals surface area (Å²) in [5.74, 6) is 0. The van der Waals surface area contributed by atoms with Crippen molar-refractivity contribution in [2.24, 2.45) is 0 Å². The van der Waals surface area contributed by atoms with Crippen LogP contribution in [-0.4, -0.2) is 12.7 Å². The third kappa shape index (κ3) is 4.44. The molecule has 2 rings (SSSR count). The lowest BCUT2D eigenvalue weighted by molar-refractivity contribution is 0.132. The molecule has 1 aliphatic rings. The fourth-order valence-corrected chi connectivity index (χ4v) is 2.72. The lowest BCUT2D eigenvalue weighted by Gasteiger charge is -2.09. The van der Waals surface area contributed by atoms with E-state index < -0.39 is 0 Å². The SMILES string of the molecule is C=C(/C=C/Cc1ccccc1)C1=C(CCCC)C(C)OC1. The second kappa shape index (κ2) is 7.99. The van der Waals surface area contributed by atoms with Gasteiger partial charge in [-0.1, -0.05) is 62.4 Å². The molecule has 0 N–H and O–H groups in total. The van der Waals surface area contributed by atoms with Crippen LogP contribution < -0.4 is 0 Å². The average Bonchev–Trinajstić information content (AvgIpc) is 2.87. The minimum atomic E-state index is 0.255. The summed E-state index contributed by atoms with van der Waals surface area (Å²) in [7, 11) is 0. The molecule has 0 aliphatic carbocycles. The molecule has 21 heavy (non-hydrogen) atoms. The van der Waals surface area contributed by atoms with Crippen molar-refractivity contribution in [1.29, 1.82) is 0 Å². The smallest absolute Gasteiger partial charge is 0.0768 e. The van der Waals surface area contributed by atoms with E-state index in [1.807, 2.05) is 6.07 Å². The van der Waals surface area contributed by atoms with Crippen LogP contribution in [0.25, 0.3) is 0 Å². The summed E-state index contributed by atoms with van der Waals surface area (Å²) in [5.41, 5.74) is 5.21. The lowest BCUT2D eigenvalue weighted by Crippen LogP contribution is -2.03. The van der Waals surface area contributed by atoms with Gasteiger partial charge in [-0.25, -0.2) is 0 Å². The third-order valence-corrected chi connectivity index (χ3v) is 4.06. The summed E-state index contributed by atoms with van der Waals surface area (Å²) in [5, 5.41) is 0. The largest absolute Gasteiger partial charge is 0.369 e. The maximum Gasteiger partial charge on any atom is 0.0768 e. The van der Waals surface area contributed by atoms with Gasteiger partial charge in [-0.15, -0.1) is 0 Å². The van der Waals surface area contributed by atoms with E-state index in [1.165, 1.54) is 29.6 Å². The summed E-state index contributed by atoms with van der Waals surface area (Å²) in [6, 6.07) is 10.5. The Hall–Kier alpha value is -1.60. The zero-order valence-corrected chi connectivity index (χ0v) is 13.3. The Morgan fingerprint density at radius 1 is 1.33 bits per heavy atom. The highest BCUT2D eigenvalue weighted by Gasteiger charge is 2.22. The minimum absolute atomic E-state index is 0.255. The van der Waals surface area contributed by atoms with E-state index in [4.69, 9.17) is 4.74 Å². The van der Waals surface area contributed by atoms with Crippen molar-refractivity contribution in [2.75, 3.05) is 6.61 Å². The zero-order valence-electron chi connectivity index (χ0n) is 13.3. The second-order valence-electron chi connectivity index (χ2n) is 5.68. The molecular formula is C20H26O. The maximum absolute atomic E-state index is 5.79. The Bertz CT molecular complexity index is 522. The van der Waals surface area contributed by atoms with Crippen LogP contribution in [0, 0.1) is 0 Å². The van der Waals surface area contributed by atoms with Crippen LogP contribution in [0.1, 0.15) is 38.7 Å². The van der Waals surface area contributed by atoms with Gasteiger partial charge in [0.2, 0.25) is 0 Å². The molecule has 0 bridgehead atoms. The second-order valence-corrected chi connectivity index (χ2v) is 5.68. The van der Waals surface area contributed by atoms with E-state index in [1.54, 1.807) is 0 Å². The normalized spacial score (nSPS) is 18.7. The summed E-state index contributed by atoms with van der Waals surface area (Å²) >= 11 is 0. The van der Waals surface area contributed by atoms with Gasteiger partial charge in [-0.2, -0.15) is 0 Å². The van der Waals surface area contributed by atoms with Crippen LogP contribution in [0.15, 0.2) is 65.8 Å². The molecule has 1 unspecified atom stereocenters. The summed E-state index contributed by atoms with van der Waals surface area (Å²) in [6.07, 6.45) is 9.14. The number of hydrogen-bond donors (Lipinski definition) is 0. The predicted octanol–water partition coefficient (Wildman–Crippen LogP) is 5.25. The molecule has 1 aliphatic heterocycles. The quantitative estimate of drug-likeness (QED) is 0.621. The Morgan fingerprint density at radius 3 is 2.81 bits per heavy atom. The minimum Gasteiger partial charge on any atom is -0.369 e. The Morgan fingerprint density at radius 2 is 2.10 bits per heavy atom. The van der Waals surface area contributed by atoms with Crippen LogP contribution in [0.4, 0.5) is 0 Å². The van der Waals surface area contributed by atoms with E-state index in [0.29, 0.717) is 6.61 Å². The van der Waals surface area contributed by atoms with Gasteiger partial charge in [-0.3, -0.25) is 0 Å². The number of rotatable bonds is 7. The molecule has 1 aromatic rings. The molecule has 0 amide bonds. The number of hydrogen-bond acceptors (Lipinski definition) is 1. The first-order chi connectivity index (χ1) is 10.2. The fourth-order valence-electron chi connectivity index (χ4n) is 2.72. The predicted molar refractivity (Wildman–Crippen MR) is 90.4 cm³/mol. The van der Waals surface area contributed by atoms with Crippen molar-refractivity contribution < 1.29 is 4.74 Å². The monoisotopic (exact) mass is 282 g/mol. The lowest BCUT2D eigenvalue weighted by atomic mass is 9.96. The van der Waals surface area contributed by atoms with Crippen molar-refractivity contribution in [3.63, 3.8) is 0 Å². The van der Waals surface area contributed by atoms with Crippen LogP contribution in [0.5, 0.6) is 0 Å². The first-order valence-electron chi connectivity index (χ1n) is 7.95. The van der Waals surface area contributed by atoms with Crippen molar-refractivity contribution in [3.8, 4) is 0 Å². The van der Waals surface area contributed by atoms with Gasteiger partial charge in [0.1, 0.15) is 0 Å². The molecule has 0 aromatic heterocycles. The molecule has 1 heterocycles. The van der Waals surface area contributed by atoms with Crippen molar-refractivity contribution in [3.05, 3.63) is 71.3 Å². The van der Waals surface area contributed by atoms with Gasteiger partial charge in [0, 0.05) is 0 Å². The van der Waals surface area contributed by atoms with Crippen LogP contribution >= 0.6 is 0 Å². The van der Waals surface area contributed by atoms with Gasteiger partial charge in [0.25, 0.3) is 0 Å². The third-order valence-electron chi connectivity index (χ3n) is 4.06. The Labute approximate surface area is 129 Å². The van der Waals surface area contributed by atoms with Gasteiger partial charge in [0.05, 0.1) is 12.7 Å². The van der Waals surface area contributed by atoms with Crippen molar-refractivity contribution in [1.82, 2.24) is 0 Å². The molecule has 0 radical (unpaired) electrons. The molecular weight excluding hydrogens is 256 g/mol. The Balaban J connectivity index is 1.99. The molecule has 0 spiro atoms. The van der Waals surface area contributed by atoms with Gasteiger partial charge in [0.15, 0.2) is 0 Å². The van der Waals surface area contributed by atoms with E-state index in [2.05, 4.69) is 56.8 Å². The molecule has 0 saturated heterocycles. The van der Waals surface area contributed by atoms with E-state index in [9.17, 15) is 0 Å². The van der Waals surface area contributed by atoms with Crippen LogP contribution in [-0.2, 0) is 11.2 Å². The zero-order chi connectivity index (χ0) is 15.1. The molecule has 1 nitrogen and oxygen atoms in total. The molecule has 112 valence electrons. The number of ether oxygens (including phenoxy) is 1. The molecule has 0 saturated carbocycles. The summed E-state index contributed by atoms with van der Waals surface area (Å²) < 4.78 is 5.79. The molecule has 1 aromatic carbocycles. The summed E-state index contributed by atoms with van der Waals surface area (Å²) in [4.78, 5) is 0. The Kier molecular flexibility index (Phi) is 6.01. The van der Waals surface area contributed by atoms with Crippen LogP contribution in [0.3, 0.4) is 0 Å².